The second kappa shape index (κ2) is 8.00. The first-order chi connectivity index (χ1) is 7.94. The second-order valence-corrected chi connectivity index (χ2v) is 6.27. The number of amides is 1. The van der Waals surface area contributed by atoms with Gasteiger partial charge in [0.1, 0.15) is 0 Å². The summed E-state index contributed by atoms with van der Waals surface area (Å²) in [5.41, 5.74) is 0.451. The molecule has 3 nitrogen and oxygen atoms in total. The molecular formula is C14H29ClN2O. The van der Waals surface area contributed by atoms with Crippen LogP contribution in [-0.4, -0.2) is 25.5 Å². The van der Waals surface area contributed by atoms with E-state index in [1.165, 1.54) is 12.8 Å². The summed E-state index contributed by atoms with van der Waals surface area (Å²) in [5, 5.41) is 6.26. The van der Waals surface area contributed by atoms with Gasteiger partial charge in [-0.2, -0.15) is 0 Å². The molecular weight excluding hydrogens is 248 g/mol. The van der Waals surface area contributed by atoms with Crippen molar-refractivity contribution in [2.24, 2.45) is 11.3 Å². The Morgan fingerprint density at radius 2 is 2.06 bits per heavy atom. The van der Waals surface area contributed by atoms with Gasteiger partial charge in [0.15, 0.2) is 0 Å². The molecule has 1 aliphatic rings. The number of halogens is 1. The van der Waals surface area contributed by atoms with Crippen molar-refractivity contribution in [1.82, 2.24) is 10.6 Å². The van der Waals surface area contributed by atoms with Gasteiger partial charge < -0.3 is 10.6 Å². The highest BCUT2D eigenvalue weighted by atomic mass is 35.5. The van der Waals surface area contributed by atoms with Gasteiger partial charge in [0.05, 0.1) is 0 Å². The summed E-state index contributed by atoms with van der Waals surface area (Å²) in [5.74, 6) is 0.823. The maximum absolute atomic E-state index is 11.8. The minimum Gasteiger partial charge on any atom is -0.353 e. The summed E-state index contributed by atoms with van der Waals surface area (Å²) in [4.78, 5) is 11.8. The third kappa shape index (κ3) is 6.05. The van der Waals surface area contributed by atoms with Gasteiger partial charge in [-0.1, -0.05) is 20.8 Å². The van der Waals surface area contributed by atoms with Crippen molar-refractivity contribution in [2.45, 2.75) is 58.9 Å². The van der Waals surface area contributed by atoms with Gasteiger partial charge in [-0.05, 0) is 50.6 Å². The van der Waals surface area contributed by atoms with Gasteiger partial charge in [-0.3, -0.25) is 4.79 Å². The van der Waals surface area contributed by atoms with Gasteiger partial charge in [-0.25, -0.2) is 0 Å². The number of carbonyl (C=O) groups excluding carboxylic acids is 1. The predicted molar refractivity (Wildman–Crippen MR) is 79.1 cm³/mol. The minimum atomic E-state index is 0. The largest absolute Gasteiger partial charge is 0.353 e. The summed E-state index contributed by atoms with van der Waals surface area (Å²) < 4.78 is 0. The molecule has 1 fully saturated rings. The minimum absolute atomic E-state index is 0. The van der Waals surface area contributed by atoms with Crippen LogP contribution in [0.5, 0.6) is 0 Å². The first-order valence-corrected chi connectivity index (χ1v) is 6.88. The lowest BCUT2D eigenvalue weighted by Gasteiger charge is -2.39. The Bertz CT molecular complexity index is 256. The molecule has 1 rings (SSSR count). The van der Waals surface area contributed by atoms with Crippen molar-refractivity contribution in [3.63, 3.8) is 0 Å². The number of hydrogen-bond donors (Lipinski definition) is 2. The summed E-state index contributed by atoms with van der Waals surface area (Å²) in [6, 6.07) is 0.394. The van der Waals surface area contributed by atoms with Crippen molar-refractivity contribution in [2.75, 3.05) is 13.6 Å². The maximum Gasteiger partial charge on any atom is 0.220 e. The summed E-state index contributed by atoms with van der Waals surface area (Å²) in [6.45, 7) is 7.84. The van der Waals surface area contributed by atoms with Crippen LogP contribution in [0.1, 0.15) is 52.9 Å². The smallest absolute Gasteiger partial charge is 0.220 e. The third-order valence-corrected chi connectivity index (χ3v) is 3.87. The Labute approximate surface area is 118 Å². The van der Waals surface area contributed by atoms with Gasteiger partial charge in [0, 0.05) is 12.5 Å². The molecule has 0 radical (unpaired) electrons. The zero-order valence-electron chi connectivity index (χ0n) is 12.2. The number of hydrogen-bond acceptors (Lipinski definition) is 2. The Morgan fingerprint density at radius 3 is 2.61 bits per heavy atom. The average molecular weight is 277 g/mol. The maximum atomic E-state index is 11.8. The van der Waals surface area contributed by atoms with Crippen LogP contribution in [0.15, 0.2) is 0 Å². The van der Waals surface area contributed by atoms with Crippen LogP contribution >= 0.6 is 12.4 Å². The van der Waals surface area contributed by atoms with E-state index in [1.54, 1.807) is 0 Å². The molecule has 1 aliphatic carbocycles. The fourth-order valence-corrected chi connectivity index (χ4v) is 2.87. The van der Waals surface area contributed by atoms with Crippen molar-refractivity contribution < 1.29 is 4.79 Å². The van der Waals surface area contributed by atoms with Crippen LogP contribution in [0, 0.1) is 11.3 Å². The van der Waals surface area contributed by atoms with Crippen molar-refractivity contribution in [1.29, 1.82) is 0 Å². The SMILES string of the molecule is CNCCCC(=O)NC1CCC(C)(C)CC1C.Cl. The van der Waals surface area contributed by atoms with Gasteiger partial charge in [0.25, 0.3) is 0 Å². The summed E-state index contributed by atoms with van der Waals surface area (Å²) in [6.07, 6.45) is 5.14. The molecule has 2 unspecified atom stereocenters. The van der Waals surface area contributed by atoms with E-state index in [-0.39, 0.29) is 18.3 Å². The normalized spacial score (nSPS) is 26.2. The van der Waals surface area contributed by atoms with Crippen molar-refractivity contribution in [3.05, 3.63) is 0 Å². The van der Waals surface area contributed by atoms with E-state index in [0.29, 0.717) is 23.8 Å². The highest BCUT2D eigenvalue weighted by molar-refractivity contribution is 5.85. The molecule has 1 saturated carbocycles. The molecule has 18 heavy (non-hydrogen) atoms. The molecule has 1 amide bonds. The monoisotopic (exact) mass is 276 g/mol. The average Bonchev–Trinajstić information content (AvgIpc) is 2.22. The van der Waals surface area contributed by atoms with E-state index in [2.05, 4.69) is 31.4 Å². The van der Waals surface area contributed by atoms with Gasteiger partial charge in [0.2, 0.25) is 5.91 Å². The molecule has 0 spiro atoms. The number of carbonyl (C=O) groups is 1. The molecule has 0 saturated heterocycles. The first kappa shape index (κ1) is 17.7. The lowest BCUT2D eigenvalue weighted by Crippen LogP contribution is -2.44. The Balaban J connectivity index is 0.00000289. The Kier molecular flexibility index (Phi) is 7.88. The van der Waals surface area contributed by atoms with Crippen molar-refractivity contribution >= 4 is 18.3 Å². The molecule has 0 aliphatic heterocycles. The zero-order valence-corrected chi connectivity index (χ0v) is 13.0. The molecule has 0 heterocycles. The van der Waals surface area contributed by atoms with E-state index in [1.807, 2.05) is 7.05 Å². The highest BCUT2D eigenvalue weighted by Crippen LogP contribution is 2.38. The fraction of sp³-hybridized carbons (Fsp3) is 0.929. The summed E-state index contributed by atoms with van der Waals surface area (Å²) >= 11 is 0. The molecule has 0 aromatic heterocycles. The van der Waals surface area contributed by atoms with Crippen LogP contribution in [0.3, 0.4) is 0 Å². The van der Waals surface area contributed by atoms with Crippen LogP contribution in [0.4, 0.5) is 0 Å². The topological polar surface area (TPSA) is 41.1 Å². The molecule has 108 valence electrons. The third-order valence-electron chi connectivity index (χ3n) is 3.87. The molecule has 0 aromatic rings. The summed E-state index contributed by atoms with van der Waals surface area (Å²) in [7, 11) is 1.92. The van der Waals surface area contributed by atoms with E-state index >= 15 is 0 Å². The Hall–Kier alpha value is -0.280. The molecule has 2 atom stereocenters. The van der Waals surface area contributed by atoms with E-state index in [9.17, 15) is 4.79 Å². The predicted octanol–water partition coefficient (Wildman–Crippen LogP) is 2.74. The van der Waals surface area contributed by atoms with E-state index in [4.69, 9.17) is 0 Å². The van der Waals surface area contributed by atoms with Crippen LogP contribution in [0.2, 0.25) is 0 Å². The standard InChI is InChI=1S/C14H28N2O.ClH/c1-11-10-14(2,3)8-7-12(11)16-13(17)6-5-9-15-4;/h11-12,15H,5-10H2,1-4H3,(H,16,17);1H. The highest BCUT2D eigenvalue weighted by Gasteiger charge is 2.32. The lowest BCUT2D eigenvalue weighted by atomic mass is 9.70. The van der Waals surface area contributed by atoms with E-state index in [0.717, 1.165) is 19.4 Å². The second-order valence-electron chi connectivity index (χ2n) is 6.27. The molecule has 2 N–H and O–H groups in total. The molecule has 0 bridgehead atoms. The lowest BCUT2D eigenvalue weighted by molar-refractivity contribution is -0.122. The Morgan fingerprint density at radius 1 is 1.39 bits per heavy atom. The molecule has 0 aromatic carbocycles. The number of rotatable bonds is 5. The molecule has 4 heteroatoms. The fourth-order valence-electron chi connectivity index (χ4n) is 2.87. The van der Waals surface area contributed by atoms with Crippen LogP contribution in [0.25, 0.3) is 0 Å². The quantitative estimate of drug-likeness (QED) is 0.758. The number of nitrogens with one attached hydrogen (secondary N) is 2. The van der Waals surface area contributed by atoms with Crippen molar-refractivity contribution in [3.8, 4) is 0 Å². The van der Waals surface area contributed by atoms with Gasteiger partial charge >= 0.3 is 0 Å². The van der Waals surface area contributed by atoms with Gasteiger partial charge in [-0.15, -0.1) is 12.4 Å². The van der Waals surface area contributed by atoms with Crippen LogP contribution < -0.4 is 10.6 Å². The van der Waals surface area contributed by atoms with Crippen LogP contribution in [-0.2, 0) is 4.79 Å². The van der Waals surface area contributed by atoms with E-state index < -0.39 is 0 Å². The zero-order chi connectivity index (χ0) is 12.9. The first-order valence-electron chi connectivity index (χ1n) is 6.88.